The highest BCUT2D eigenvalue weighted by Crippen LogP contribution is 2.54. The Balaban J connectivity index is 1.29. The van der Waals surface area contributed by atoms with Crippen molar-refractivity contribution in [3.8, 4) is 5.75 Å². The average molecular weight is 1480 g/mol. The number of hydrogen-bond donors (Lipinski definition) is 0. The van der Waals surface area contributed by atoms with Crippen molar-refractivity contribution in [2.75, 3.05) is 90.8 Å². The Morgan fingerprint density at radius 3 is 1.58 bits per heavy atom. The van der Waals surface area contributed by atoms with Gasteiger partial charge in [0.2, 0.25) is 23.1 Å². The van der Waals surface area contributed by atoms with Crippen molar-refractivity contribution >= 4 is 105 Å². The van der Waals surface area contributed by atoms with Crippen LogP contribution in [0, 0.1) is 23.3 Å². The second-order valence-corrected chi connectivity index (χ2v) is 30.7. The van der Waals surface area contributed by atoms with Crippen molar-refractivity contribution in [1.82, 2.24) is 0 Å². The van der Waals surface area contributed by atoms with Crippen LogP contribution in [0.1, 0.15) is 69.9 Å². The van der Waals surface area contributed by atoms with Crippen LogP contribution < -0.4 is 9.64 Å². The molecule has 0 aliphatic carbocycles. The number of carbonyl (C=O) groups excluding carboxylic acids is 1. The standard InChI is InChI=1S/C60H68F4N2O25S6/c1-59(21-13-33-92(68,69)70)48(66(24-26-86-3)45-20-18-40-42(51(45)59)34-38(93(71,72)73)36-46(40)95(77,78)79)14-9-6-5-7-10-15-49-60(2,22-25-88-29-30-90-32-31-89-28-27-87-4)52-43-35-39(94(74,75)76)37-47(96(80,81)82)41(43)17-19-44(52)65(49)23-12-8-11-16-50(67)91-57-53(61)55(63)58(97(83,84)85)56(64)54(57)62/h5-7,9-10,14-15,17-20,34-37H,8,11-13,16,21-33H2,1-4H3,(H5-,68,69,70,71,72,73,74,75,76,77,78,79,80,81,82,83,84,85)/p-5. The minimum atomic E-state index is -6.08. The fourth-order valence-corrected chi connectivity index (χ4v) is 15.5. The molecule has 2 unspecified atom stereocenters. The predicted octanol–water partition coefficient (Wildman–Crippen LogP) is 5.98. The molecule has 5 aromatic rings. The molecule has 0 saturated carbocycles. The smallest absolute Gasteiger partial charge is 0.311 e. The van der Waals surface area contributed by atoms with Crippen molar-refractivity contribution in [3.63, 3.8) is 0 Å². The highest BCUT2D eigenvalue weighted by atomic mass is 32.2. The minimum Gasteiger partial charge on any atom is -0.748 e. The molecule has 2 heterocycles. The van der Waals surface area contributed by atoms with E-state index in [-0.39, 0.29) is 130 Å². The third-order valence-corrected chi connectivity index (χ3v) is 21.0. The number of hydrogen-bond acceptors (Lipinski definition) is 26. The number of fused-ring (bicyclic) bond motifs is 6. The molecule has 0 spiro atoms. The van der Waals surface area contributed by atoms with Gasteiger partial charge in [-0.2, -0.15) is 13.4 Å². The van der Waals surface area contributed by atoms with E-state index < -0.39 is 143 Å². The number of nitrogens with zero attached hydrogens (tertiary/aromatic N) is 2. The van der Waals surface area contributed by atoms with Gasteiger partial charge in [0.15, 0.2) is 23.9 Å². The van der Waals surface area contributed by atoms with Crippen LogP contribution in [0.5, 0.6) is 5.75 Å². The Kier molecular flexibility index (Phi) is 25.2. The Hall–Kier alpha value is -6.50. The van der Waals surface area contributed by atoms with Crippen LogP contribution >= 0.6 is 0 Å². The van der Waals surface area contributed by atoms with E-state index in [9.17, 15) is 100 Å². The Morgan fingerprint density at radius 1 is 0.536 bits per heavy atom. The van der Waals surface area contributed by atoms with Crippen LogP contribution in [0.4, 0.5) is 28.9 Å². The van der Waals surface area contributed by atoms with E-state index in [2.05, 4.69) is 4.74 Å². The van der Waals surface area contributed by atoms with Gasteiger partial charge < -0.3 is 60.6 Å². The Bertz CT molecular complexity index is 4730. The molecule has 2 aliphatic rings. The van der Waals surface area contributed by atoms with Crippen molar-refractivity contribution in [1.29, 1.82) is 0 Å². The number of rotatable bonds is 35. The quantitative estimate of drug-likeness (QED) is 0.00657. The Morgan fingerprint density at radius 2 is 1.05 bits per heavy atom. The molecule has 0 amide bonds. The van der Waals surface area contributed by atoms with E-state index in [0.29, 0.717) is 42.4 Å². The van der Waals surface area contributed by atoms with Gasteiger partial charge in [0.05, 0.1) is 74.8 Å². The molecule has 0 fully saturated rings. The number of ether oxygens (including phenoxy) is 6. The summed E-state index contributed by atoms with van der Waals surface area (Å²) in [6.45, 7) is 4.51. The minimum absolute atomic E-state index is 0.00107. The van der Waals surface area contributed by atoms with Crippen LogP contribution in [0.15, 0.2) is 121 Å². The molecule has 0 bridgehead atoms. The van der Waals surface area contributed by atoms with E-state index in [0.717, 1.165) is 12.1 Å². The lowest BCUT2D eigenvalue weighted by Gasteiger charge is -2.31. The van der Waals surface area contributed by atoms with E-state index in [1.54, 1.807) is 41.6 Å². The van der Waals surface area contributed by atoms with E-state index in [4.69, 9.17) is 23.7 Å². The van der Waals surface area contributed by atoms with Gasteiger partial charge in [-0.25, -0.2) is 59.3 Å². The van der Waals surface area contributed by atoms with Gasteiger partial charge in [-0.15, -0.1) is 0 Å². The van der Waals surface area contributed by atoms with E-state index in [1.165, 1.54) is 62.8 Å². The number of allylic oxidation sites excluding steroid dienone is 8. The lowest BCUT2D eigenvalue weighted by atomic mass is 9.74. The van der Waals surface area contributed by atoms with Crippen LogP contribution in [-0.2, 0) is 100 Å². The summed E-state index contributed by atoms with van der Waals surface area (Å²) >= 11 is 0. The second-order valence-electron chi connectivity index (χ2n) is 22.4. The van der Waals surface area contributed by atoms with E-state index >= 15 is 0 Å². The maximum atomic E-state index is 14.7. The molecule has 7 rings (SSSR count). The van der Waals surface area contributed by atoms with Crippen LogP contribution in [0.25, 0.3) is 21.5 Å². The summed E-state index contributed by atoms with van der Waals surface area (Å²) in [5, 5.41) is -0.824. The first kappa shape index (κ1) is 77.8. The third-order valence-electron chi connectivity index (χ3n) is 16.0. The van der Waals surface area contributed by atoms with Gasteiger partial charge >= 0.3 is 5.97 Å². The molecule has 37 heteroatoms. The summed E-state index contributed by atoms with van der Waals surface area (Å²) < 4.78 is 314. The molecule has 5 aromatic carbocycles. The van der Waals surface area contributed by atoms with Crippen molar-refractivity contribution in [2.24, 2.45) is 0 Å². The fraction of sp³-hybridized carbons (Fsp3) is 0.400. The first-order valence-electron chi connectivity index (χ1n) is 29.1. The fourth-order valence-electron chi connectivity index (χ4n) is 11.7. The highest BCUT2D eigenvalue weighted by Gasteiger charge is 2.49. The van der Waals surface area contributed by atoms with Crippen LogP contribution in [-0.4, -0.2) is 180 Å². The van der Waals surface area contributed by atoms with Gasteiger partial charge in [0.1, 0.15) is 62.1 Å². The molecule has 0 N–H and O–H groups in total. The second kappa shape index (κ2) is 31.4. The lowest BCUT2D eigenvalue weighted by molar-refractivity contribution is -0.441. The summed E-state index contributed by atoms with van der Waals surface area (Å²) in [4.78, 5) is 7.91. The van der Waals surface area contributed by atoms with Crippen molar-refractivity contribution in [3.05, 3.63) is 131 Å². The Labute approximate surface area is 557 Å². The monoisotopic (exact) mass is 1480 g/mol. The number of anilines is 1. The zero-order valence-corrected chi connectivity index (χ0v) is 56.8. The lowest BCUT2D eigenvalue weighted by Crippen LogP contribution is -2.32. The summed E-state index contributed by atoms with van der Waals surface area (Å²) in [6.07, 6.45) is 9.78. The normalized spacial score (nSPS) is 17.8. The maximum Gasteiger partial charge on any atom is 0.311 e. The predicted molar refractivity (Wildman–Crippen MR) is 330 cm³/mol. The number of carbonyl (C=O) groups is 1. The van der Waals surface area contributed by atoms with Gasteiger partial charge in [-0.1, -0.05) is 42.9 Å². The summed E-state index contributed by atoms with van der Waals surface area (Å²) in [7, 11) is -29.8. The summed E-state index contributed by atoms with van der Waals surface area (Å²) in [6, 6.07) is 8.10. The zero-order chi connectivity index (χ0) is 71.9. The molecule has 0 radical (unpaired) electrons. The van der Waals surface area contributed by atoms with Crippen molar-refractivity contribution < 1.29 is 133 Å². The molecular formula is C60H63F4N2O25S6-5. The van der Waals surface area contributed by atoms with Gasteiger partial charge in [0.25, 0.3) is 0 Å². The molecule has 97 heavy (non-hydrogen) atoms. The number of benzene rings is 5. The molecule has 27 nitrogen and oxygen atoms in total. The number of halogens is 4. The molecule has 0 saturated heterocycles. The average Bonchev–Trinajstić information content (AvgIpc) is 1.43. The molecular weight excluding hydrogens is 1420 g/mol. The van der Waals surface area contributed by atoms with Crippen LogP contribution in [0.2, 0.25) is 0 Å². The summed E-state index contributed by atoms with van der Waals surface area (Å²) in [5.74, 6) is -14.5. The topological polar surface area (TPSA) is 422 Å². The SMILES string of the molecule is COCCOCCOCCOCCC1(C)\C(=C/C=C/C=C/C=C/C2=[N+](CCOC)c3ccc4c(S(=O)(=O)[O-])cc(S(=O)(=O)[O-])cc4c3C2(C)CCCS(=O)(=O)[O-])N(CCCCCC(=O)Oc2c(F)c(F)c(S(=O)(=O)[O-])c(F)c2F)c2ccc3c(S(=O)(=O)[O-])cc(S(=O)(=O)[O-])cc3c21. The number of esters is 1. The molecule has 532 valence electrons. The van der Waals surface area contributed by atoms with Gasteiger partial charge in [0, 0.05) is 79.4 Å². The molecule has 0 aromatic heterocycles. The van der Waals surface area contributed by atoms with E-state index in [1.807, 2.05) is 0 Å². The summed E-state index contributed by atoms with van der Waals surface area (Å²) in [5.41, 5.74) is -1.07. The largest absolute Gasteiger partial charge is 0.748 e. The first-order valence-corrected chi connectivity index (χ1v) is 37.7. The highest BCUT2D eigenvalue weighted by molar-refractivity contribution is 7.87. The van der Waals surface area contributed by atoms with Crippen molar-refractivity contribution in [2.45, 2.75) is 94.1 Å². The number of methoxy groups -OCH3 is 2. The van der Waals surface area contributed by atoms with Gasteiger partial charge in [-0.3, -0.25) is 4.79 Å². The van der Waals surface area contributed by atoms with Gasteiger partial charge in [-0.05, 0) is 110 Å². The van der Waals surface area contributed by atoms with Crippen LogP contribution in [0.3, 0.4) is 0 Å². The zero-order valence-electron chi connectivity index (χ0n) is 52.0. The molecule has 2 aliphatic heterocycles. The number of unbranched alkanes of at least 4 members (excludes halogenated alkanes) is 2. The third kappa shape index (κ3) is 18.3. The first-order chi connectivity index (χ1) is 45.2. The molecule has 2 atom stereocenters. The maximum absolute atomic E-state index is 14.7.